The number of hydrogen-bond donors (Lipinski definition) is 0. The molecule has 3 aliphatic rings. The summed E-state index contributed by atoms with van der Waals surface area (Å²) >= 11 is 0. The summed E-state index contributed by atoms with van der Waals surface area (Å²) in [6.45, 7) is 11.3. The van der Waals surface area contributed by atoms with E-state index in [1.807, 2.05) is 0 Å². The van der Waals surface area contributed by atoms with Gasteiger partial charge in [0.25, 0.3) is 0 Å². The summed E-state index contributed by atoms with van der Waals surface area (Å²) in [4.78, 5) is 5.64. The Kier molecular flexibility index (Phi) is 3.68. The Hall–Kier alpha value is -0.0800. The smallest absolute Gasteiger partial charge is 0.0249 e. The Balaban J connectivity index is 1.67. The van der Waals surface area contributed by atoms with Crippen LogP contribution in [0.1, 0.15) is 52.9 Å². The van der Waals surface area contributed by atoms with E-state index in [0.717, 1.165) is 30.0 Å². The lowest BCUT2D eigenvalue weighted by Gasteiger charge is -2.48. The molecule has 1 saturated carbocycles. The lowest BCUT2D eigenvalue weighted by Crippen LogP contribution is -2.60. The highest BCUT2D eigenvalue weighted by atomic mass is 15.3. The van der Waals surface area contributed by atoms with Crippen LogP contribution < -0.4 is 0 Å². The lowest BCUT2D eigenvalue weighted by molar-refractivity contribution is 0.00130. The van der Waals surface area contributed by atoms with Gasteiger partial charge in [-0.25, -0.2) is 0 Å². The van der Waals surface area contributed by atoms with Crippen molar-refractivity contribution in [3.8, 4) is 0 Å². The molecule has 2 heterocycles. The molecule has 0 aromatic heterocycles. The zero-order valence-corrected chi connectivity index (χ0v) is 12.4. The zero-order valence-electron chi connectivity index (χ0n) is 12.4. The molecule has 1 aliphatic carbocycles. The summed E-state index contributed by atoms with van der Waals surface area (Å²) in [5, 5.41) is 0. The van der Waals surface area contributed by atoms with Crippen LogP contribution in [-0.4, -0.2) is 47.6 Å². The van der Waals surface area contributed by atoms with Crippen molar-refractivity contribution in [2.45, 2.75) is 71.0 Å². The van der Waals surface area contributed by atoms with Gasteiger partial charge in [0, 0.05) is 31.2 Å². The van der Waals surface area contributed by atoms with E-state index in [1.165, 1.54) is 51.7 Å². The van der Waals surface area contributed by atoms with Crippen LogP contribution in [0.15, 0.2) is 0 Å². The molecular weight excluding hydrogens is 220 g/mol. The third-order valence-corrected chi connectivity index (χ3v) is 5.48. The number of fused-ring (bicyclic) bond motifs is 1. The fourth-order valence-electron chi connectivity index (χ4n) is 4.14. The van der Waals surface area contributed by atoms with Crippen molar-refractivity contribution in [2.24, 2.45) is 11.8 Å². The van der Waals surface area contributed by atoms with Crippen LogP contribution in [0.3, 0.4) is 0 Å². The Morgan fingerprint density at radius 3 is 2.50 bits per heavy atom. The molecule has 2 nitrogen and oxygen atoms in total. The Morgan fingerprint density at radius 2 is 1.83 bits per heavy atom. The van der Waals surface area contributed by atoms with Gasteiger partial charge in [-0.2, -0.15) is 0 Å². The van der Waals surface area contributed by atoms with Crippen molar-refractivity contribution in [3.05, 3.63) is 0 Å². The molecule has 3 fully saturated rings. The third kappa shape index (κ3) is 2.60. The van der Waals surface area contributed by atoms with Gasteiger partial charge in [-0.15, -0.1) is 0 Å². The number of hydrogen-bond acceptors (Lipinski definition) is 2. The molecule has 0 bridgehead atoms. The summed E-state index contributed by atoms with van der Waals surface area (Å²) < 4.78 is 0. The second-order valence-electron chi connectivity index (χ2n) is 7.33. The summed E-state index contributed by atoms with van der Waals surface area (Å²) in [6, 6.07) is 2.49. The SMILES string of the molecule is CC(C)C1CN2CCCC2CN1C(C)CC1CC1. The number of rotatable bonds is 4. The maximum absolute atomic E-state index is 2.87. The first-order valence-electron chi connectivity index (χ1n) is 8.15. The molecule has 2 aliphatic heterocycles. The predicted molar refractivity (Wildman–Crippen MR) is 76.7 cm³/mol. The van der Waals surface area contributed by atoms with Crippen LogP contribution >= 0.6 is 0 Å². The summed E-state index contributed by atoms with van der Waals surface area (Å²) in [5.41, 5.74) is 0. The van der Waals surface area contributed by atoms with Gasteiger partial charge in [-0.1, -0.05) is 26.7 Å². The molecule has 0 amide bonds. The molecular formula is C16H30N2. The van der Waals surface area contributed by atoms with E-state index in [0.29, 0.717) is 0 Å². The fraction of sp³-hybridized carbons (Fsp3) is 1.00. The van der Waals surface area contributed by atoms with E-state index in [-0.39, 0.29) is 0 Å². The second-order valence-corrected chi connectivity index (χ2v) is 7.33. The quantitative estimate of drug-likeness (QED) is 0.757. The van der Waals surface area contributed by atoms with Gasteiger partial charge in [0.15, 0.2) is 0 Å². The first kappa shape index (κ1) is 12.9. The van der Waals surface area contributed by atoms with Gasteiger partial charge < -0.3 is 0 Å². The van der Waals surface area contributed by atoms with Gasteiger partial charge >= 0.3 is 0 Å². The third-order valence-electron chi connectivity index (χ3n) is 5.48. The normalized spacial score (nSPS) is 36.0. The molecule has 3 rings (SSSR count). The van der Waals surface area contributed by atoms with Crippen molar-refractivity contribution in [1.29, 1.82) is 0 Å². The van der Waals surface area contributed by atoms with Gasteiger partial charge in [-0.05, 0) is 44.6 Å². The van der Waals surface area contributed by atoms with Crippen molar-refractivity contribution in [1.82, 2.24) is 9.80 Å². The highest BCUT2D eigenvalue weighted by Gasteiger charge is 2.40. The largest absolute Gasteiger partial charge is 0.298 e. The molecule has 0 aromatic carbocycles. The lowest BCUT2D eigenvalue weighted by atomic mass is 9.94. The zero-order chi connectivity index (χ0) is 12.7. The molecule has 3 atom stereocenters. The van der Waals surface area contributed by atoms with Crippen molar-refractivity contribution >= 4 is 0 Å². The van der Waals surface area contributed by atoms with E-state index in [9.17, 15) is 0 Å². The van der Waals surface area contributed by atoms with Crippen LogP contribution in [0.4, 0.5) is 0 Å². The van der Waals surface area contributed by atoms with Crippen LogP contribution in [0.25, 0.3) is 0 Å². The maximum atomic E-state index is 2.87. The highest BCUT2D eigenvalue weighted by molar-refractivity contribution is 4.95. The van der Waals surface area contributed by atoms with Crippen molar-refractivity contribution in [2.75, 3.05) is 19.6 Å². The molecule has 3 unspecified atom stereocenters. The van der Waals surface area contributed by atoms with Crippen LogP contribution in [0, 0.1) is 11.8 Å². The van der Waals surface area contributed by atoms with Crippen LogP contribution in [-0.2, 0) is 0 Å². The predicted octanol–water partition coefficient (Wildman–Crippen LogP) is 2.98. The van der Waals surface area contributed by atoms with Gasteiger partial charge in [0.05, 0.1) is 0 Å². The van der Waals surface area contributed by atoms with E-state index >= 15 is 0 Å². The van der Waals surface area contributed by atoms with E-state index in [2.05, 4.69) is 30.6 Å². The Labute approximate surface area is 113 Å². The monoisotopic (exact) mass is 250 g/mol. The summed E-state index contributed by atoms with van der Waals surface area (Å²) in [5.74, 6) is 1.86. The van der Waals surface area contributed by atoms with E-state index in [1.54, 1.807) is 0 Å². The minimum atomic E-state index is 0.799. The van der Waals surface area contributed by atoms with Gasteiger partial charge in [0.1, 0.15) is 0 Å². The average molecular weight is 250 g/mol. The molecule has 18 heavy (non-hydrogen) atoms. The Morgan fingerprint density at radius 1 is 1.06 bits per heavy atom. The summed E-state index contributed by atoms with van der Waals surface area (Å²) in [6.07, 6.45) is 7.33. The molecule has 104 valence electrons. The van der Waals surface area contributed by atoms with Gasteiger partial charge in [-0.3, -0.25) is 9.80 Å². The molecule has 0 N–H and O–H groups in total. The topological polar surface area (TPSA) is 6.48 Å². The maximum Gasteiger partial charge on any atom is 0.0249 e. The van der Waals surface area contributed by atoms with E-state index < -0.39 is 0 Å². The number of piperazine rings is 1. The minimum absolute atomic E-state index is 0.799. The van der Waals surface area contributed by atoms with Crippen LogP contribution in [0.2, 0.25) is 0 Å². The first-order chi connectivity index (χ1) is 8.65. The van der Waals surface area contributed by atoms with Crippen molar-refractivity contribution in [3.63, 3.8) is 0 Å². The summed E-state index contributed by atoms with van der Waals surface area (Å²) in [7, 11) is 0. The van der Waals surface area contributed by atoms with E-state index in [4.69, 9.17) is 0 Å². The van der Waals surface area contributed by atoms with Crippen LogP contribution in [0.5, 0.6) is 0 Å². The fourth-order valence-corrected chi connectivity index (χ4v) is 4.14. The molecule has 0 aromatic rings. The molecule has 0 spiro atoms. The molecule has 2 saturated heterocycles. The van der Waals surface area contributed by atoms with Crippen molar-refractivity contribution < 1.29 is 0 Å². The minimum Gasteiger partial charge on any atom is -0.298 e. The molecule has 0 radical (unpaired) electrons. The number of nitrogens with zero attached hydrogens (tertiary/aromatic N) is 2. The first-order valence-corrected chi connectivity index (χ1v) is 8.15. The Bertz CT molecular complexity index is 285. The highest BCUT2D eigenvalue weighted by Crippen LogP contribution is 2.37. The average Bonchev–Trinajstić information content (AvgIpc) is 3.03. The standard InChI is InChI=1S/C16H30N2/c1-12(2)16-11-17-8-4-5-15(17)10-18(16)13(3)9-14-6-7-14/h12-16H,4-11H2,1-3H3. The molecule has 2 heteroatoms. The van der Waals surface area contributed by atoms with Gasteiger partial charge in [0.2, 0.25) is 0 Å². The second kappa shape index (κ2) is 5.13.